The Morgan fingerprint density at radius 2 is 0.643 bits per heavy atom. The SMILES string of the molecule is CC/C=C\C/C=C\C/C=C\CCCCCCCC(=O)OC(COCCCCCCCCCCCCCCCCCCCCCC)COC(=O)CCCCCCCC/C=C\C/C=C\C/C=C\CCCCC. The fourth-order valence-electron chi connectivity index (χ4n) is 8.71. The van der Waals surface area contributed by atoms with E-state index in [0.717, 1.165) is 96.3 Å². The standard InChI is InChI=1S/C65H116O5/c1-4-7-10-13-16-19-22-25-28-30-32-34-36-39-42-45-48-51-54-57-60-68-61-63(70-65(67)59-56-53-50-47-44-41-37-27-24-21-18-15-12-9-6-3)62-69-64(66)58-55-52-49-46-43-40-38-35-33-31-29-26-23-20-17-14-11-8-5-2/h9,12,17-18,20-21,26-27,29,33,35,37,63H,4-8,10-11,13-16,19,22-25,28,30-32,34,36,38-62H2,1-3H3/b12-9-,20-17-,21-18-,29-26-,35-33-,37-27-. The van der Waals surface area contributed by atoms with E-state index >= 15 is 0 Å². The molecule has 0 aromatic rings. The van der Waals surface area contributed by atoms with Crippen molar-refractivity contribution in [3.8, 4) is 0 Å². The van der Waals surface area contributed by atoms with Crippen LogP contribution in [0.4, 0.5) is 0 Å². The number of hydrogen-bond donors (Lipinski definition) is 0. The van der Waals surface area contributed by atoms with E-state index in [1.54, 1.807) is 0 Å². The highest BCUT2D eigenvalue weighted by Gasteiger charge is 2.17. The maximum absolute atomic E-state index is 12.9. The Bertz CT molecular complexity index is 1240. The third kappa shape index (κ3) is 57.9. The van der Waals surface area contributed by atoms with E-state index in [-0.39, 0.29) is 25.2 Å². The number of carbonyl (C=O) groups excluding carboxylic acids is 2. The fourth-order valence-corrected chi connectivity index (χ4v) is 8.71. The van der Waals surface area contributed by atoms with Crippen molar-refractivity contribution in [2.24, 2.45) is 0 Å². The summed E-state index contributed by atoms with van der Waals surface area (Å²) in [5, 5.41) is 0. The fraction of sp³-hybridized carbons (Fsp3) is 0.785. The molecule has 0 spiro atoms. The largest absolute Gasteiger partial charge is 0.462 e. The minimum Gasteiger partial charge on any atom is -0.462 e. The smallest absolute Gasteiger partial charge is 0.306 e. The summed E-state index contributed by atoms with van der Waals surface area (Å²) in [4.78, 5) is 25.6. The highest BCUT2D eigenvalue weighted by Crippen LogP contribution is 2.16. The Hall–Kier alpha value is -2.66. The molecule has 0 N–H and O–H groups in total. The summed E-state index contributed by atoms with van der Waals surface area (Å²) in [6.07, 6.45) is 79.3. The zero-order valence-corrected chi connectivity index (χ0v) is 46.8. The molecule has 5 heteroatoms. The third-order valence-corrected chi connectivity index (χ3v) is 13.2. The molecule has 0 saturated heterocycles. The van der Waals surface area contributed by atoms with Gasteiger partial charge in [0.25, 0.3) is 0 Å². The Kier molecular flexibility index (Phi) is 58.3. The lowest BCUT2D eigenvalue weighted by molar-refractivity contribution is -0.163. The van der Waals surface area contributed by atoms with Crippen LogP contribution in [-0.4, -0.2) is 37.9 Å². The number of esters is 2. The van der Waals surface area contributed by atoms with Crippen LogP contribution in [0.25, 0.3) is 0 Å². The van der Waals surface area contributed by atoms with E-state index in [0.29, 0.717) is 19.4 Å². The van der Waals surface area contributed by atoms with Crippen molar-refractivity contribution in [3.63, 3.8) is 0 Å². The molecular formula is C65H116O5. The van der Waals surface area contributed by atoms with Crippen molar-refractivity contribution in [2.45, 2.75) is 309 Å². The van der Waals surface area contributed by atoms with Crippen LogP contribution in [0.5, 0.6) is 0 Å². The van der Waals surface area contributed by atoms with Crippen LogP contribution in [0.15, 0.2) is 72.9 Å². The Balaban J connectivity index is 4.28. The first kappa shape index (κ1) is 67.3. The van der Waals surface area contributed by atoms with Gasteiger partial charge in [0.15, 0.2) is 6.10 Å². The second kappa shape index (κ2) is 60.6. The van der Waals surface area contributed by atoms with Crippen LogP contribution >= 0.6 is 0 Å². The van der Waals surface area contributed by atoms with Gasteiger partial charge < -0.3 is 14.2 Å². The summed E-state index contributed by atoms with van der Waals surface area (Å²) < 4.78 is 17.5. The highest BCUT2D eigenvalue weighted by molar-refractivity contribution is 5.70. The lowest BCUT2D eigenvalue weighted by atomic mass is 10.0. The monoisotopic (exact) mass is 977 g/mol. The van der Waals surface area contributed by atoms with Crippen molar-refractivity contribution in [1.29, 1.82) is 0 Å². The van der Waals surface area contributed by atoms with Gasteiger partial charge in [0.1, 0.15) is 6.61 Å². The van der Waals surface area contributed by atoms with Gasteiger partial charge in [-0.2, -0.15) is 0 Å². The molecule has 0 aromatic carbocycles. The summed E-state index contributed by atoms with van der Waals surface area (Å²) in [5.41, 5.74) is 0. The molecule has 70 heavy (non-hydrogen) atoms. The average molecular weight is 978 g/mol. The van der Waals surface area contributed by atoms with E-state index in [1.807, 2.05) is 0 Å². The first-order chi connectivity index (χ1) is 34.6. The van der Waals surface area contributed by atoms with E-state index in [2.05, 4.69) is 93.7 Å². The predicted molar refractivity (Wildman–Crippen MR) is 307 cm³/mol. The highest BCUT2D eigenvalue weighted by atomic mass is 16.6. The quantitative estimate of drug-likeness (QED) is 0.0345. The molecule has 5 nitrogen and oxygen atoms in total. The van der Waals surface area contributed by atoms with Gasteiger partial charge in [-0.25, -0.2) is 0 Å². The van der Waals surface area contributed by atoms with Crippen LogP contribution in [-0.2, 0) is 23.8 Å². The maximum Gasteiger partial charge on any atom is 0.306 e. The van der Waals surface area contributed by atoms with Crippen molar-refractivity contribution in [2.75, 3.05) is 19.8 Å². The minimum absolute atomic E-state index is 0.0719. The number of hydrogen-bond acceptors (Lipinski definition) is 5. The Morgan fingerprint density at radius 3 is 1.06 bits per heavy atom. The first-order valence-electron chi connectivity index (χ1n) is 30.5. The second-order valence-corrected chi connectivity index (χ2v) is 20.2. The molecule has 0 bridgehead atoms. The van der Waals surface area contributed by atoms with Crippen LogP contribution < -0.4 is 0 Å². The first-order valence-corrected chi connectivity index (χ1v) is 30.5. The molecule has 0 aliphatic rings. The molecular weight excluding hydrogens is 861 g/mol. The molecule has 1 atom stereocenters. The zero-order chi connectivity index (χ0) is 50.6. The van der Waals surface area contributed by atoms with Crippen molar-refractivity contribution >= 4 is 11.9 Å². The molecule has 1 unspecified atom stereocenters. The van der Waals surface area contributed by atoms with Crippen LogP contribution in [0, 0.1) is 0 Å². The maximum atomic E-state index is 12.9. The van der Waals surface area contributed by atoms with Gasteiger partial charge in [-0.05, 0) is 89.9 Å². The average Bonchev–Trinajstić information content (AvgIpc) is 3.36. The van der Waals surface area contributed by atoms with E-state index < -0.39 is 6.10 Å². The molecule has 0 aliphatic heterocycles. The zero-order valence-electron chi connectivity index (χ0n) is 46.8. The molecule has 0 aliphatic carbocycles. The molecule has 406 valence electrons. The van der Waals surface area contributed by atoms with Gasteiger partial charge in [-0.1, -0.05) is 273 Å². The molecule has 0 amide bonds. The number of ether oxygens (including phenoxy) is 3. The summed E-state index contributed by atoms with van der Waals surface area (Å²) in [5.74, 6) is -0.420. The van der Waals surface area contributed by atoms with Gasteiger partial charge in [0.2, 0.25) is 0 Å². The molecule has 0 heterocycles. The Labute approximate surface area is 436 Å². The lowest BCUT2D eigenvalue weighted by Crippen LogP contribution is -2.30. The molecule has 0 fully saturated rings. The normalized spacial score (nSPS) is 12.7. The van der Waals surface area contributed by atoms with Crippen LogP contribution in [0.1, 0.15) is 303 Å². The van der Waals surface area contributed by atoms with Crippen LogP contribution in [0.2, 0.25) is 0 Å². The van der Waals surface area contributed by atoms with E-state index in [1.165, 1.54) is 173 Å². The number of rotatable bonds is 56. The Morgan fingerprint density at radius 1 is 0.329 bits per heavy atom. The van der Waals surface area contributed by atoms with Gasteiger partial charge >= 0.3 is 11.9 Å². The molecule has 0 saturated carbocycles. The second-order valence-electron chi connectivity index (χ2n) is 20.2. The number of unbranched alkanes of at least 4 members (excludes halogenated alkanes) is 33. The van der Waals surface area contributed by atoms with Crippen molar-refractivity contribution < 1.29 is 23.8 Å². The summed E-state index contributed by atoms with van der Waals surface area (Å²) in [6.45, 7) is 7.71. The number of carbonyl (C=O) groups is 2. The van der Waals surface area contributed by atoms with Gasteiger partial charge in [-0.15, -0.1) is 0 Å². The summed E-state index contributed by atoms with van der Waals surface area (Å²) in [7, 11) is 0. The predicted octanol–water partition coefficient (Wildman–Crippen LogP) is 21.0. The molecule has 0 rings (SSSR count). The van der Waals surface area contributed by atoms with E-state index in [9.17, 15) is 9.59 Å². The third-order valence-electron chi connectivity index (χ3n) is 13.2. The molecule has 0 radical (unpaired) electrons. The van der Waals surface area contributed by atoms with Gasteiger partial charge in [-0.3, -0.25) is 9.59 Å². The molecule has 0 aromatic heterocycles. The van der Waals surface area contributed by atoms with Gasteiger partial charge in [0.05, 0.1) is 6.61 Å². The summed E-state index contributed by atoms with van der Waals surface area (Å²) in [6, 6.07) is 0. The van der Waals surface area contributed by atoms with Gasteiger partial charge in [0, 0.05) is 19.4 Å². The van der Waals surface area contributed by atoms with Crippen molar-refractivity contribution in [1.82, 2.24) is 0 Å². The van der Waals surface area contributed by atoms with Crippen molar-refractivity contribution in [3.05, 3.63) is 72.9 Å². The summed E-state index contributed by atoms with van der Waals surface area (Å²) >= 11 is 0. The topological polar surface area (TPSA) is 61.8 Å². The van der Waals surface area contributed by atoms with E-state index in [4.69, 9.17) is 14.2 Å². The number of allylic oxidation sites excluding steroid dienone is 12. The lowest BCUT2D eigenvalue weighted by Gasteiger charge is -2.18. The van der Waals surface area contributed by atoms with Crippen LogP contribution in [0.3, 0.4) is 0 Å². The minimum atomic E-state index is -0.552.